The summed E-state index contributed by atoms with van der Waals surface area (Å²) in [5.41, 5.74) is 14.3. The number of hydrogen-bond acceptors (Lipinski definition) is 6. The van der Waals surface area contributed by atoms with Gasteiger partial charge in [0.2, 0.25) is 11.8 Å². The van der Waals surface area contributed by atoms with E-state index in [4.69, 9.17) is 21.2 Å². The lowest BCUT2D eigenvalue weighted by molar-refractivity contribution is -0.118. The fourth-order valence-corrected chi connectivity index (χ4v) is 4.55. The first-order valence-corrected chi connectivity index (χ1v) is 10.6. The summed E-state index contributed by atoms with van der Waals surface area (Å²) in [6, 6.07) is 8.62. The molecule has 1 fully saturated rings. The third-order valence-corrected chi connectivity index (χ3v) is 6.26. The molecule has 0 unspecified atom stereocenters. The molecule has 158 valence electrons. The fraction of sp³-hybridized carbons (Fsp3) is 0.478. The second kappa shape index (κ2) is 8.05. The SMILES string of the molecule is CC1(C)Oc2ncnc(N)c2N=C1c1ccc(C2CCC(CCC(N)=O)CC2)cc1. The number of carbonyl (C=O) groups is 1. The van der Waals surface area contributed by atoms with Crippen LogP contribution >= 0.6 is 0 Å². The minimum absolute atomic E-state index is 0.193. The number of rotatable bonds is 5. The van der Waals surface area contributed by atoms with Crippen LogP contribution in [0.5, 0.6) is 5.88 Å². The summed E-state index contributed by atoms with van der Waals surface area (Å²) in [6.07, 6.45) is 7.43. The highest BCUT2D eigenvalue weighted by molar-refractivity contribution is 6.09. The summed E-state index contributed by atoms with van der Waals surface area (Å²) in [5, 5.41) is 0. The minimum atomic E-state index is -0.617. The van der Waals surface area contributed by atoms with E-state index in [1.807, 2.05) is 13.8 Å². The maximum absolute atomic E-state index is 11.0. The Morgan fingerprint density at radius 3 is 2.50 bits per heavy atom. The summed E-state index contributed by atoms with van der Waals surface area (Å²) in [7, 11) is 0. The average molecular weight is 408 g/mol. The molecule has 1 saturated carbocycles. The van der Waals surface area contributed by atoms with Crippen molar-refractivity contribution in [1.82, 2.24) is 9.97 Å². The minimum Gasteiger partial charge on any atom is -0.463 e. The lowest BCUT2D eigenvalue weighted by Gasteiger charge is -2.32. The first-order valence-electron chi connectivity index (χ1n) is 10.6. The molecule has 0 radical (unpaired) electrons. The maximum atomic E-state index is 11.0. The number of amides is 1. The average Bonchev–Trinajstić information content (AvgIpc) is 2.72. The number of hydrogen-bond donors (Lipinski definition) is 2. The molecule has 2 aliphatic rings. The quantitative estimate of drug-likeness (QED) is 0.780. The van der Waals surface area contributed by atoms with Gasteiger partial charge in [-0.05, 0) is 63.4 Å². The molecule has 1 aromatic carbocycles. The van der Waals surface area contributed by atoms with Gasteiger partial charge in [-0.15, -0.1) is 0 Å². The second-order valence-electron chi connectivity index (χ2n) is 8.83. The van der Waals surface area contributed by atoms with Crippen molar-refractivity contribution in [3.8, 4) is 5.88 Å². The molecule has 1 aliphatic heterocycles. The molecule has 1 aliphatic carbocycles. The van der Waals surface area contributed by atoms with Crippen molar-refractivity contribution in [3.05, 3.63) is 41.7 Å². The first kappa shape index (κ1) is 20.3. The number of nitrogens with zero attached hydrogens (tertiary/aromatic N) is 3. The van der Waals surface area contributed by atoms with Crippen LogP contribution in [0, 0.1) is 5.92 Å². The van der Waals surface area contributed by atoms with E-state index in [1.54, 1.807) is 0 Å². The van der Waals surface area contributed by atoms with Crippen LogP contribution < -0.4 is 16.2 Å². The molecular formula is C23H29N5O2. The first-order chi connectivity index (χ1) is 14.3. The van der Waals surface area contributed by atoms with Gasteiger partial charge < -0.3 is 16.2 Å². The van der Waals surface area contributed by atoms with Gasteiger partial charge in [-0.1, -0.05) is 24.3 Å². The normalized spacial score (nSPS) is 22.5. The van der Waals surface area contributed by atoms with Gasteiger partial charge >= 0.3 is 0 Å². The molecule has 0 saturated heterocycles. The number of nitrogen functional groups attached to an aromatic ring is 1. The smallest absolute Gasteiger partial charge is 0.246 e. The van der Waals surface area contributed by atoms with Crippen LogP contribution in [-0.4, -0.2) is 27.2 Å². The summed E-state index contributed by atoms with van der Waals surface area (Å²) in [6.45, 7) is 3.96. The maximum Gasteiger partial charge on any atom is 0.246 e. The number of ether oxygens (including phenoxy) is 1. The molecule has 2 heterocycles. The van der Waals surface area contributed by atoms with E-state index in [-0.39, 0.29) is 5.91 Å². The van der Waals surface area contributed by atoms with Gasteiger partial charge in [0.05, 0.1) is 5.71 Å². The van der Waals surface area contributed by atoms with Crippen molar-refractivity contribution in [2.45, 2.75) is 63.9 Å². The van der Waals surface area contributed by atoms with Crippen molar-refractivity contribution in [2.24, 2.45) is 16.6 Å². The van der Waals surface area contributed by atoms with Crippen LogP contribution in [0.25, 0.3) is 0 Å². The van der Waals surface area contributed by atoms with E-state index >= 15 is 0 Å². The van der Waals surface area contributed by atoms with E-state index in [0.29, 0.717) is 35.6 Å². The number of aromatic nitrogens is 2. The summed E-state index contributed by atoms with van der Waals surface area (Å²) >= 11 is 0. The number of primary amides is 1. The molecule has 7 heteroatoms. The predicted molar refractivity (Wildman–Crippen MR) is 117 cm³/mol. The Morgan fingerprint density at radius 1 is 1.13 bits per heavy atom. The summed E-state index contributed by atoms with van der Waals surface area (Å²) < 4.78 is 6.07. The zero-order valence-electron chi connectivity index (χ0n) is 17.6. The van der Waals surface area contributed by atoms with Crippen LogP contribution in [0.1, 0.15) is 69.4 Å². The molecule has 30 heavy (non-hydrogen) atoms. The van der Waals surface area contributed by atoms with Gasteiger partial charge in [0.25, 0.3) is 0 Å². The highest BCUT2D eigenvalue weighted by Crippen LogP contribution is 2.40. The van der Waals surface area contributed by atoms with Gasteiger partial charge in [0.1, 0.15) is 11.9 Å². The molecule has 2 aromatic rings. The Bertz CT molecular complexity index is 960. The van der Waals surface area contributed by atoms with E-state index in [2.05, 4.69) is 34.2 Å². The van der Waals surface area contributed by atoms with Crippen molar-refractivity contribution in [1.29, 1.82) is 0 Å². The molecule has 4 N–H and O–H groups in total. The Labute approximate surface area is 177 Å². The predicted octanol–water partition coefficient (Wildman–Crippen LogP) is 3.89. The van der Waals surface area contributed by atoms with Gasteiger partial charge in [-0.2, -0.15) is 4.98 Å². The molecule has 0 atom stereocenters. The monoisotopic (exact) mass is 407 g/mol. The Morgan fingerprint density at radius 2 is 1.83 bits per heavy atom. The summed E-state index contributed by atoms with van der Waals surface area (Å²) in [5.74, 6) is 1.72. The Balaban J connectivity index is 1.49. The van der Waals surface area contributed by atoms with Gasteiger partial charge in [-0.25, -0.2) is 9.98 Å². The van der Waals surface area contributed by atoms with Crippen LogP contribution in [0.15, 0.2) is 35.6 Å². The van der Waals surface area contributed by atoms with Crippen molar-refractivity contribution in [2.75, 3.05) is 5.73 Å². The largest absolute Gasteiger partial charge is 0.463 e. The standard InChI is InChI=1S/C23H29N5O2/c1-23(2)20(28-19-21(25)26-13-27-22(19)30-23)17-10-8-16(9-11-17)15-6-3-14(4-7-15)5-12-18(24)29/h8-11,13-15H,3-7,12H2,1-2H3,(H2,24,29)(H2,25,26,27). The van der Waals surface area contributed by atoms with Crippen molar-refractivity contribution in [3.63, 3.8) is 0 Å². The molecule has 0 spiro atoms. The molecule has 1 aromatic heterocycles. The second-order valence-corrected chi connectivity index (χ2v) is 8.83. The molecular weight excluding hydrogens is 378 g/mol. The van der Waals surface area contributed by atoms with Gasteiger partial charge in [-0.3, -0.25) is 4.79 Å². The van der Waals surface area contributed by atoms with Crippen LogP contribution in [0.2, 0.25) is 0 Å². The number of nitrogens with two attached hydrogens (primary N) is 2. The number of aliphatic imine (C=N–C) groups is 1. The third kappa shape index (κ3) is 4.15. The van der Waals surface area contributed by atoms with Crippen LogP contribution in [-0.2, 0) is 4.79 Å². The number of carbonyl (C=O) groups excluding carboxylic acids is 1. The number of fused-ring (bicyclic) bond motifs is 1. The number of anilines is 1. The van der Waals surface area contributed by atoms with Crippen molar-refractivity contribution < 1.29 is 9.53 Å². The molecule has 1 amide bonds. The lowest BCUT2D eigenvalue weighted by atomic mass is 9.77. The highest BCUT2D eigenvalue weighted by Gasteiger charge is 2.35. The summed E-state index contributed by atoms with van der Waals surface area (Å²) in [4.78, 5) is 24.0. The van der Waals surface area contributed by atoms with Crippen LogP contribution in [0.3, 0.4) is 0 Å². The lowest BCUT2D eigenvalue weighted by Crippen LogP contribution is -2.41. The van der Waals surface area contributed by atoms with E-state index in [9.17, 15) is 4.79 Å². The highest BCUT2D eigenvalue weighted by atomic mass is 16.5. The molecule has 0 bridgehead atoms. The topological polar surface area (TPSA) is 116 Å². The molecule has 7 nitrogen and oxygen atoms in total. The van der Waals surface area contributed by atoms with Gasteiger partial charge in [0.15, 0.2) is 11.5 Å². The number of benzene rings is 1. The molecule has 4 rings (SSSR count). The zero-order chi connectivity index (χ0) is 21.3. The van der Waals surface area contributed by atoms with Crippen LogP contribution in [0.4, 0.5) is 11.5 Å². The van der Waals surface area contributed by atoms with E-state index in [1.165, 1.54) is 11.9 Å². The van der Waals surface area contributed by atoms with Gasteiger partial charge in [0, 0.05) is 12.0 Å². The zero-order valence-corrected chi connectivity index (χ0v) is 17.6. The van der Waals surface area contributed by atoms with E-state index < -0.39 is 5.60 Å². The Kier molecular flexibility index (Phi) is 5.45. The van der Waals surface area contributed by atoms with Crippen molar-refractivity contribution >= 4 is 23.1 Å². The third-order valence-electron chi connectivity index (χ3n) is 6.26. The van der Waals surface area contributed by atoms with E-state index in [0.717, 1.165) is 43.4 Å². The fourth-order valence-electron chi connectivity index (χ4n) is 4.55. The Hall–Kier alpha value is -2.96.